The van der Waals surface area contributed by atoms with Crippen molar-refractivity contribution in [2.24, 2.45) is 5.10 Å². The Morgan fingerprint density at radius 2 is 1.51 bits per heavy atom. The molecular weight excluding hydrogens is 534 g/mol. The molecule has 5 rings (SSSR count). The van der Waals surface area contributed by atoms with Crippen molar-refractivity contribution in [3.8, 4) is 5.75 Å². The van der Waals surface area contributed by atoms with Gasteiger partial charge in [-0.05, 0) is 82.9 Å². The van der Waals surface area contributed by atoms with E-state index >= 15 is 0 Å². The molecule has 0 fully saturated rings. The van der Waals surface area contributed by atoms with Crippen LogP contribution in [0.4, 0.5) is 5.69 Å². The molecule has 0 aliphatic heterocycles. The number of anilines is 1. The van der Waals surface area contributed by atoms with Crippen LogP contribution in [0.3, 0.4) is 0 Å². The van der Waals surface area contributed by atoms with Crippen molar-refractivity contribution in [2.45, 2.75) is 18.4 Å². The quantitative estimate of drug-likeness (QED) is 0.165. The fraction of sp³-hybridized carbons (Fsp3) is 0.0909. The maximum absolute atomic E-state index is 13.4. The minimum atomic E-state index is -3.98. The summed E-state index contributed by atoms with van der Waals surface area (Å²) in [6.45, 7) is 1.81. The number of carbonyl (C=O) groups is 1. The number of nitrogens with zero attached hydrogens (tertiary/aromatic N) is 2. The Bertz CT molecular complexity index is 1790. The first-order chi connectivity index (χ1) is 19.9. The average molecular weight is 564 g/mol. The predicted molar refractivity (Wildman–Crippen MR) is 163 cm³/mol. The Morgan fingerprint density at radius 1 is 0.829 bits per heavy atom. The molecule has 5 aromatic rings. The predicted octanol–water partition coefficient (Wildman–Crippen LogP) is 6.07. The van der Waals surface area contributed by atoms with Gasteiger partial charge in [0.15, 0.2) is 0 Å². The number of hydrogen-bond acceptors (Lipinski definition) is 5. The van der Waals surface area contributed by atoms with Crippen LogP contribution >= 0.6 is 0 Å². The number of nitrogens with one attached hydrogen (secondary N) is 1. The van der Waals surface area contributed by atoms with Crippen LogP contribution in [-0.4, -0.2) is 27.1 Å². The first-order valence-electron chi connectivity index (χ1n) is 13.1. The molecule has 0 saturated heterocycles. The number of hydrazone groups is 1. The van der Waals surface area contributed by atoms with Crippen molar-refractivity contribution in [2.75, 3.05) is 10.8 Å². The number of carbonyl (C=O) groups excluding carboxylic acids is 1. The van der Waals surface area contributed by atoms with Gasteiger partial charge in [0.1, 0.15) is 18.9 Å². The molecule has 41 heavy (non-hydrogen) atoms. The van der Waals surface area contributed by atoms with Crippen LogP contribution < -0.4 is 14.5 Å². The van der Waals surface area contributed by atoms with Crippen LogP contribution in [0.25, 0.3) is 10.8 Å². The van der Waals surface area contributed by atoms with Gasteiger partial charge in [-0.25, -0.2) is 13.8 Å². The standard InChI is InChI=1S/C33H29N3O4S/c1-25-9-5-8-14-32(25)36(41(38,39)31-12-3-2-4-13-31)23-33(37)35-34-22-26-16-19-30(20-17-26)40-24-27-15-18-28-10-6-7-11-29(28)21-27/h2-22H,23-24H2,1H3,(H,35,37)/b34-22-. The van der Waals surface area contributed by atoms with Crippen molar-refractivity contribution in [1.82, 2.24) is 5.43 Å². The number of sulfonamides is 1. The topological polar surface area (TPSA) is 88.1 Å². The van der Waals surface area contributed by atoms with Crippen molar-refractivity contribution in [3.63, 3.8) is 0 Å². The summed E-state index contributed by atoms with van der Waals surface area (Å²) in [6, 6.07) is 36.8. The summed E-state index contributed by atoms with van der Waals surface area (Å²) in [4.78, 5) is 12.9. The number of rotatable bonds is 10. The number of amides is 1. The molecule has 0 saturated carbocycles. The second-order valence-electron chi connectivity index (χ2n) is 9.44. The number of ether oxygens (including phenoxy) is 1. The van der Waals surface area contributed by atoms with E-state index in [1.165, 1.54) is 29.1 Å². The second kappa shape index (κ2) is 12.5. The van der Waals surface area contributed by atoms with Crippen LogP contribution in [0, 0.1) is 6.92 Å². The van der Waals surface area contributed by atoms with E-state index in [4.69, 9.17) is 4.74 Å². The molecule has 1 amide bonds. The van der Waals surface area contributed by atoms with Gasteiger partial charge >= 0.3 is 0 Å². The Kier molecular flexibility index (Phi) is 8.41. The summed E-state index contributed by atoms with van der Waals surface area (Å²) in [7, 11) is -3.98. The molecule has 0 aliphatic carbocycles. The fourth-order valence-electron chi connectivity index (χ4n) is 4.35. The van der Waals surface area contributed by atoms with E-state index < -0.39 is 22.5 Å². The minimum absolute atomic E-state index is 0.0995. The van der Waals surface area contributed by atoms with E-state index in [2.05, 4.69) is 40.9 Å². The number of para-hydroxylation sites is 1. The van der Waals surface area contributed by atoms with Gasteiger partial charge in [0.2, 0.25) is 0 Å². The smallest absolute Gasteiger partial charge is 0.264 e. The zero-order valence-electron chi connectivity index (χ0n) is 22.5. The van der Waals surface area contributed by atoms with Gasteiger partial charge in [-0.15, -0.1) is 0 Å². The zero-order chi connectivity index (χ0) is 28.7. The molecule has 206 valence electrons. The fourth-order valence-corrected chi connectivity index (χ4v) is 5.86. The van der Waals surface area contributed by atoms with Gasteiger partial charge in [0.05, 0.1) is 16.8 Å². The van der Waals surface area contributed by atoms with Gasteiger partial charge in [-0.2, -0.15) is 5.10 Å². The number of aryl methyl sites for hydroxylation is 1. The van der Waals surface area contributed by atoms with E-state index in [-0.39, 0.29) is 4.90 Å². The summed E-state index contributed by atoms with van der Waals surface area (Å²) >= 11 is 0. The lowest BCUT2D eigenvalue weighted by Crippen LogP contribution is -2.40. The lowest BCUT2D eigenvalue weighted by atomic mass is 10.1. The molecular formula is C33H29N3O4S. The van der Waals surface area contributed by atoms with Crippen molar-refractivity contribution >= 4 is 38.6 Å². The van der Waals surface area contributed by atoms with Crippen molar-refractivity contribution < 1.29 is 17.9 Å². The Labute approximate surface area is 239 Å². The first kappa shape index (κ1) is 27.6. The third-order valence-electron chi connectivity index (χ3n) is 6.50. The van der Waals surface area contributed by atoms with Gasteiger partial charge in [0, 0.05) is 0 Å². The SMILES string of the molecule is Cc1ccccc1N(CC(=O)N/N=C\c1ccc(OCc2ccc3ccccc3c2)cc1)S(=O)(=O)c1ccccc1. The molecule has 0 aliphatic rings. The highest BCUT2D eigenvalue weighted by molar-refractivity contribution is 7.92. The van der Waals surface area contributed by atoms with Crippen molar-refractivity contribution in [3.05, 3.63) is 138 Å². The van der Waals surface area contributed by atoms with Gasteiger partial charge in [-0.3, -0.25) is 9.10 Å². The third-order valence-corrected chi connectivity index (χ3v) is 8.28. The van der Waals surface area contributed by atoms with E-state index in [0.717, 1.165) is 21.0 Å². The highest BCUT2D eigenvalue weighted by atomic mass is 32.2. The Balaban J connectivity index is 1.21. The van der Waals surface area contributed by atoms with Crippen molar-refractivity contribution in [1.29, 1.82) is 0 Å². The Morgan fingerprint density at radius 3 is 2.27 bits per heavy atom. The molecule has 0 spiro atoms. The molecule has 0 heterocycles. The van der Waals surface area contributed by atoms with Gasteiger partial charge in [0.25, 0.3) is 15.9 Å². The highest BCUT2D eigenvalue weighted by Crippen LogP contribution is 2.26. The molecule has 0 aromatic heterocycles. The molecule has 0 radical (unpaired) electrons. The maximum Gasteiger partial charge on any atom is 0.264 e. The molecule has 0 unspecified atom stereocenters. The normalized spacial score (nSPS) is 11.4. The van der Waals surface area contributed by atoms with E-state index in [0.29, 0.717) is 18.0 Å². The van der Waals surface area contributed by atoms with Crippen LogP contribution in [0.2, 0.25) is 0 Å². The third kappa shape index (κ3) is 6.80. The van der Waals surface area contributed by atoms with E-state index in [9.17, 15) is 13.2 Å². The first-order valence-corrected chi connectivity index (χ1v) is 14.5. The molecule has 7 nitrogen and oxygen atoms in total. The summed E-state index contributed by atoms with van der Waals surface area (Å²) < 4.78 is 33.9. The summed E-state index contributed by atoms with van der Waals surface area (Å²) in [6.07, 6.45) is 1.49. The van der Waals surface area contributed by atoms with Crippen LogP contribution in [0.15, 0.2) is 131 Å². The Hall–Kier alpha value is -4.95. The van der Waals surface area contributed by atoms with Crippen LogP contribution in [0.5, 0.6) is 5.75 Å². The minimum Gasteiger partial charge on any atom is -0.489 e. The number of benzene rings is 5. The second-order valence-corrected chi connectivity index (χ2v) is 11.3. The number of hydrogen-bond donors (Lipinski definition) is 1. The number of fused-ring (bicyclic) bond motifs is 1. The molecule has 0 bridgehead atoms. The molecule has 1 N–H and O–H groups in total. The van der Waals surface area contributed by atoms with Crippen LogP contribution in [0.1, 0.15) is 16.7 Å². The summed E-state index contributed by atoms with van der Waals surface area (Å²) in [5, 5.41) is 6.39. The largest absolute Gasteiger partial charge is 0.489 e. The molecule has 5 aromatic carbocycles. The van der Waals surface area contributed by atoms with E-state index in [1.807, 2.05) is 42.5 Å². The molecule has 8 heteroatoms. The van der Waals surface area contributed by atoms with Crippen LogP contribution in [-0.2, 0) is 21.4 Å². The zero-order valence-corrected chi connectivity index (χ0v) is 23.3. The molecule has 0 atom stereocenters. The van der Waals surface area contributed by atoms with E-state index in [1.54, 1.807) is 43.3 Å². The monoisotopic (exact) mass is 563 g/mol. The van der Waals surface area contributed by atoms with Gasteiger partial charge in [-0.1, -0.05) is 72.8 Å². The average Bonchev–Trinajstić information content (AvgIpc) is 3.00. The van der Waals surface area contributed by atoms with Gasteiger partial charge < -0.3 is 4.74 Å². The lowest BCUT2D eigenvalue weighted by Gasteiger charge is -2.25. The maximum atomic E-state index is 13.4. The lowest BCUT2D eigenvalue weighted by molar-refractivity contribution is -0.119. The summed E-state index contributed by atoms with van der Waals surface area (Å²) in [5.74, 6) is 0.138. The highest BCUT2D eigenvalue weighted by Gasteiger charge is 2.28. The summed E-state index contributed by atoms with van der Waals surface area (Å²) in [5.41, 5.74) is 5.42.